The molecule has 2 aromatic carbocycles. The molecule has 9 amide bonds. The number of methoxy groups -OCH3 is 2. The fourth-order valence-electron chi connectivity index (χ4n) is 11.8. The molecular weight excluding hydrogens is 1120 g/mol. The van der Waals surface area contributed by atoms with Crippen LogP contribution in [-0.4, -0.2) is 189 Å². The molecule has 1 heterocycles. The van der Waals surface area contributed by atoms with Crippen LogP contribution in [-0.2, 0) is 55.9 Å². The minimum atomic E-state index is -0.990. The highest BCUT2D eigenvalue weighted by molar-refractivity contribution is 5.98. The summed E-state index contributed by atoms with van der Waals surface area (Å²) in [6.45, 7) is 18.6. The highest BCUT2D eigenvalue weighted by Gasteiger charge is 2.44. The average molecular weight is 1240 g/mol. The lowest BCUT2D eigenvalue weighted by Gasteiger charge is -2.41. The third kappa shape index (κ3) is 24.3. The summed E-state index contributed by atoms with van der Waals surface area (Å²) >= 11 is 0. The van der Waals surface area contributed by atoms with Crippen LogP contribution in [0.5, 0.6) is 0 Å². The summed E-state index contributed by atoms with van der Waals surface area (Å²) in [7, 11) is 8.45. The Hall–Kier alpha value is -6.24. The highest BCUT2D eigenvalue weighted by atomic mass is 16.5. The van der Waals surface area contributed by atoms with E-state index in [0.29, 0.717) is 57.3 Å². The summed E-state index contributed by atoms with van der Waals surface area (Å²) in [5.74, 6) is -3.79. The summed E-state index contributed by atoms with van der Waals surface area (Å²) in [4.78, 5) is 115. The quantitative estimate of drug-likeness (QED) is 0.0333. The number of nitrogens with one attached hydrogen (secondary N) is 7. The van der Waals surface area contributed by atoms with E-state index in [2.05, 4.69) is 37.2 Å². The van der Waals surface area contributed by atoms with Gasteiger partial charge in [0.25, 0.3) is 0 Å². The van der Waals surface area contributed by atoms with Crippen molar-refractivity contribution in [3.8, 4) is 0 Å². The molecule has 7 unspecified atom stereocenters. The van der Waals surface area contributed by atoms with Gasteiger partial charge in [0.05, 0.1) is 48.7 Å². The number of likely N-dealkylation sites (N-methyl/N-ethyl adjacent to an activating group) is 2. The zero-order chi connectivity index (χ0) is 65.8. The molecule has 2 aromatic rings. The number of benzene rings is 2. The van der Waals surface area contributed by atoms with Crippen LogP contribution in [0, 0.1) is 29.6 Å². The molecule has 0 aliphatic carbocycles. The van der Waals surface area contributed by atoms with Gasteiger partial charge in [-0.15, -0.1) is 0 Å². The number of amides is 9. The maximum absolute atomic E-state index is 14.6. The molecule has 23 nitrogen and oxygen atoms in total. The number of aliphatic hydroxyl groups excluding tert-OH is 1. The Bertz CT molecular complexity index is 2460. The molecule has 1 aliphatic rings. The number of primary amides is 1. The van der Waals surface area contributed by atoms with E-state index in [1.807, 2.05) is 117 Å². The minimum absolute atomic E-state index is 0.00487. The van der Waals surface area contributed by atoms with Gasteiger partial charge in [0, 0.05) is 53.0 Å². The van der Waals surface area contributed by atoms with Crippen molar-refractivity contribution in [1.82, 2.24) is 46.6 Å². The monoisotopic (exact) mass is 1230 g/mol. The predicted molar refractivity (Wildman–Crippen MR) is 343 cm³/mol. The smallest absolute Gasteiger partial charge is 0.312 e. The number of ether oxygens (including phenoxy) is 2. The Balaban J connectivity index is 1.73. The first-order chi connectivity index (χ1) is 41.7. The number of urea groups is 1. The number of unbranched alkanes of at least 4 members (excludes halogenated alkanes) is 2. The lowest BCUT2D eigenvalue weighted by Crippen LogP contribution is -2.59. The maximum atomic E-state index is 14.6. The van der Waals surface area contributed by atoms with E-state index in [9.17, 15) is 43.5 Å². The Kier molecular flexibility index (Phi) is 33.7. The van der Waals surface area contributed by atoms with E-state index in [-0.39, 0.29) is 73.7 Å². The van der Waals surface area contributed by atoms with Gasteiger partial charge < -0.3 is 67.7 Å². The van der Waals surface area contributed by atoms with Crippen molar-refractivity contribution >= 4 is 53.1 Å². The van der Waals surface area contributed by atoms with Crippen LogP contribution in [0.4, 0.5) is 10.5 Å². The summed E-state index contributed by atoms with van der Waals surface area (Å²) in [5, 5.41) is 31.0. The number of nitrogens with two attached hydrogens (primary N) is 2. The van der Waals surface area contributed by atoms with Gasteiger partial charge in [-0.25, -0.2) is 4.79 Å². The molecule has 496 valence electrons. The van der Waals surface area contributed by atoms with Gasteiger partial charge in [-0.2, -0.15) is 0 Å². The Labute approximate surface area is 524 Å². The van der Waals surface area contributed by atoms with Crippen LogP contribution in [0.1, 0.15) is 138 Å². The Morgan fingerprint density at radius 2 is 1.34 bits per heavy atom. The second-order valence-electron chi connectivity index (χ2n) is 25.0. The topological polar surface area (TPSA) is 321 Å². The number of hydrogen-bond acceptors (Lipinski definition) is 14. The van der Waals surface area contributed by atoms with Crippen molar-refractivity contribution in [3.63, 3.8) is 0 Å². The Morgan fingerprint density at radius 3 is 1.91 bits per heavy atom. The molecule has 23 heteroatoms. The number of rotatable bonds is 40. The number of nitrogens with zero attached hydrogens (tertiary/aromatic N) is 3. The van der Waals surface area contributed by atoms with Crippen LogP contribution >= 0.6 is 0 Å². The summed E-state index contributed by atoms with van der Waals surface area (Å²) < 4.78 is 12.2. The molecular formula is C65H110N12O11. The number of carbonyl (C=O) groups excluding carboxylic acids is 8. The van der Waals surface area contributed by atoms with Crippen molar-refractivity contribution in [1.29, 1.82) is 0 Å². The molecule has 12 N–H and O–H groups in total. The van der Waals surface area contributed by atoms with Gasteiger partial charge in [-0.05, 0) is 119 Å². The van der Waals surface area contributed by atoms with E-state index >= 15 is 0 Å². The molecule has 88 heavy (non-hydrogen) atoms. The third-order valence-electron chi connectivity index (χ3n) is 16.9. The molecule has 1 fully saturated rings. The second-order valence-corrected chi connectivity index (χ2v) is 25.0. The highest BCUT2D eigenvalue weighted by Crippen LogP contribution is 2.30. The SMILES string of the molecule is CC[C@H](C)C(C(CC(=O)N1CCC[C@H]1C(OC)C(C)C(=O)N[C@@H](Cc1ccccc1)C(=O)NCCc1ccc(NC(=O)C(CCCNC(N)=O)NC(=O)[C@H](NC(O)CCCCCN)C(C)C)cc1)OC)N(C)C(=O)[C@@H](NC(=O)C(C(C)C)N(C)C)C(C)C. The van der Waals surface area contributed by atoms with Crippen molar-refractivity contribution in [2.45, 2.75) is 200 Å². The molecule has 12 atom stereocenters. The first kappa shape index (κ1) is 76.0. The number of hydrogen-bond donors (Lipinski definition) is 10. The molecule has 0 aromatic heterocycles. The number of anilines is 1. The first-order valence-corrected chi connectivity index (χ1v) is 31.8. The van der Waals surface area contributed by atoms with Crippen molar-refractivity contribution in [3.05, 3.63) is 65.7 Å². The average Bonchev–Trinajstić information content (AvgIpc) is 2.47. The Morgan fingerprint density at radius 1 is 0.693 bits per heavy atom. The van der Waals surface area contributed by atoms with Crippen molar-refractivity contribution in [2.75, 3.05) is 66.9 Å². The summed E-state index contributed by atoms with van der Waals surface area (Å²) in [6, 6.07) is 10.7. The zero-order valence-electron chi connectivity index (χ0n) is 55.2. The van der Waals surface area contributed by atoms with E-state index in [4.69, 9.17) is 20.9 Å². The van der Waals surface area contributed by atoms with Crippen molar-refractivity contribution < 1.29 is 52.9 Å². The summed E-state index contributed by atoms with van der Waals surface area (Å²) in [6.07, 6.45) is 3.50. The van der Waals surface area contributed by atoms with Gasteiger partial charge in [-0.1, -0.05) is 118 Å². The lowest BCUT2D eigenvalue weighted by molar-refractivity contribution is -0.148. The minimum Gasteiger partial charge on any atom is -0.379 e. The molecule has 1 aliphatic heterocycles. The van der Waals surface area contributed by atoms with Crippen LogP contribution in [0.15, 0.2) is 54.6 Å². The van der Waals surface area contributed by atoms with E-state index in [0.717, 1.165) is 30.4 Å². The predicted octanol–water partition coefficient (Wildman–Crippen LogP) is 4.04. The largest absolute Gasteiger partial charge is 0.379 e. The molecule has 3 rings (SSSR count). The normalized spacial score (nSPS) is 17.2. The molecule has 0 bridgehead atoms. The van der Waals surface area contributed by atoms with Gasteiger partial charge in [0.15, 0.2) is 0 Å². The summed E-state index contributed by atoms with van der Waals surface area (Å²) in [5.41, 5.74) is 13.0. The number of likely N-dealkylation sites (tertiary alicyclic amines) is 1. The van der Waals surface area contributed by atoms with Gasteiger partial charge in [0.2, 0.25) is 41.4 Å². The van der Waals surface area contributed by atoms with Crippen LogP contribution < -0.4 is 48.7 Å². The van der Waals surface area contributed by atoms with Crippen LogP contribution in [0.2, 0.25) is 0 Å². The second kappa shape index (κ2) is 39.0. The van der Waals surface area contributed by atoms with Gasteiger partial charge >= 0.3 is 6.03 Å². The zero-order valence-corrected chi connectivity index (χ0v) is 55.2. The van der Waals surface area contributed by atoms with Gasteiger partial charge in [0.1, 0.15) is 24.4 Å². The fourth-order valence-corrected chi connectivity index (χ4v) is 11.8. The molecule has 0 saturated carbocycles. The van der Waals surface area contributed by atoms with Crippen molar-refractivity contribution in [2.24, 2.45) is 41.1 Å². The molecule has 0 spiro atoms. The molecule has 1 saturated heterocycles. The van der Waals surface area contributed by atoms with Crippen LogP contribution in [0.3, 0.4) is 0 Å². The van der Waals surface area contributed by atoms with Gasteiger partial charge in [-0.3, -0.25) is 43.8 Å². The maximum Gasteiger partial charge on any atom is 0.312 e. The standard InChI is InChI=1S/C65H110N12O11/c1-15-43(8)57(76(12)64(85)55(41(4)5)74-63(84)56(42(6)7)75(10)11)51(87-13)39-53(79)77-37-23-27-50(77)58(88-14)44(9)59(80)72-49(38-46-24-18-16-19-25-46)60(81)68-36-33-45-29-31-47(32-30-45)70-61(82)48(26-22-35-69-65(67)86)71-62(83)54(40(2)3)73-52(78)28-20-17-21-34-66/h16,18-19,24-25,29-32,40-44,48-52,54-58,73,78H,15,17,20-23,26-28,33-39,66H2,1-14H3,(H,68,81)(H,70,82)(H,71,83)(H,72,80)(H,74,84)(H3,67,69,86)/t43-,44?,48?,49-,50-,51?,52?,54+,55-,56?,57?,58?/m0/s1. The van der Waals surface area contributed by atoms with E-state index < -0.39 is 96.3 Å². The fraction of sp³-hybridized carbons (Fsp3) is 0.692. The third-order valence-corrected chi connectivity index (χ3v) is 16.9. The molecule has 0 radical (unpaired) electrons. The number of carbonyl (C=O) groups is 8. The number of aliphatic hydroxyl groups is 1. The van der Waals surface area contributed by atoms with Crippen LogP contribution in [0.25, 0.3) is 0 Å². The van der Waals surface area contributed by atoms with E-state index in [1.165, 1.54) is 14.2 Å². The van der Waals surface area contributed by atoms with E-state index in [1.54, 1.807) is 35.9 Å². The lowest BCUT2D eigenvalue weighted by atomic mass is 9.89. The first-order valence-electron chi connectivity index (χ1n) is 31.8.